The second-order valence-electron chi connectivity index (χ2n) is 7.94. The summed E-state index contributed by atoms with van der Waals surface area (Å²) >= 11 is 3.58. The molecule has 3 aromatic rings. The highest BCUT2D eigenvalue weighted by molar-refractivity contribution is 9.10. The van der Waals surface area contributed by atoms with E-state index in [9.17, 15) is 9.59 Å². The van der Waals surface area contributed by atoms with Gasteiger partial charge in [0.1, 0.15) is 24.6 Å². The van der Waals surface area contributed by atoms with Gasteiger partial charge in [-0.05, 0) is 47.8 Å². The third kappa shape index (κ3) is 5.84. The van der Waals surface area contributed by atoms with Gasteiger partial charge in [-0.2, -0.15) is 0 Å². The summed E-state index contributed by atoms with van der Waals surface area (Å²) in [6.07, 6.45) is 8.49. The number of benzene rings is 1. The number of halogens is 1. The topological polar surface area (TPSA) is 114 Å². The summed E-state index contributed by atoms with van der Waals surface area (Å²) in [6.45, 7) is 2.09. The van der Waals surface area contributed by atoms with Crippen LogP contribution in [0, 0.1) is 6.92 Å². The average molecular weight is 517 g/mol. The van der Waals surface area contributed by atoms with Gasteiger partial charge in [-0.1, -0.05) is 29.7 Å². The highest BCUT2D eigenvalue weighted by Crippen LogP contribution is 2.29. The van der Waals surface area contributed by atoms with Gasteiger partial charge in [-0.3, -0.25) is 9.59 Å². The van der Waals surface area contributed by atoms with Crippen molar-refractivity contribution in [3.8, 4) is 11.4 Å². The first-order chi connectivity index (χ1) is 16.0. The Morgan fingerprint density at radius 3 is 2.00 bits per heavy atom. The molecular formula is C22H25BrN6O4. The highest BCUT2D eigenvalue weighted by atomic mass is 79.9. The molecule has 11 heteroatoms. The molecule has 33 heavy (non-hydrogen) atoms. The van der Waals surface area contributed by atoms with Crippen molar-refractivity contribution in [2.24, 2.45) is 0 Å². The van der Waals surface area contributed by atoms with Gasteiger partial charge < -0.3 is 9.47 Å². The van der Waals surface area contributed by atoms with Crippen LogP contribution in [0.4, 0.5) is 0 Å². The smallest absolute Gasteiger partial charge is 0.306 e. The molecule has 1 aromatic carbocycles. The molecule has 1 aliphatic rings. The van der Waals surface area contributed by atoms with E-state index in [0.29, 0.717) is 24.2 Å². The molecule has 0 unspecified atom stereocenters. The van der Waals surface area contributed by atoms with Gasteiger partial charge in [0.15, 0.2) is 0 Å². The lowest BCUT2D eigenvalue weighted by atomic mass is 10.1. The minimum absolute atomic E-state index is 0.0732. The van der Waals surface area contributed by atoms with Crippen molar-refractivity contribution < 1.29 is 19.1 Å². The number of nitrogens with zero attached hydrogens (tertiary/aromatic N) is 6. The summed E-state index contributed by atoms with van der Waals surface area (Å²) in [7, 11) is 0. The Morgan fingerprint density at radius 1 is 0.818 bits per heavy atom. The van der Waals surface area contributed by atoms with Crippen molar-refractivity contribution in [1.82, 2.24) is 30.0 Å². The van der Waals surface area contributed by atoms with Crippen molar-refractivity contribution in [1.29, 1.82) is 0 Å². The zero-order valence-corrected chi connectivity index (χ0v) is 20.0. The second-order valence-corrected chi connectivity index (χ2v) is 8.79. The number of hydrogen-bond donors (Lipinski definition) is 0. The van der Waals surface area contributed by atoms with E-state index in [1.165, 1.54) is 0 Å². The van der Waals surface area contributed by atoms with Crippen LogP contribution in [-0.2, 0) is 32.3 Å². The first-order valence-corrected chi connectivity index (χ1v) is 11.7. The molecule has 174 valence electrons. The molecule has 0 saturated carbocycles. The first-order valence-electron chi connectivity index (χ1n) is 10.9. The van der Waals surface area contributed by atoms with Crippen molar-refractivity contribution in [3.63, 3.8) is 0 Å². The Bertz CT molecular complexity index is 1140. The molecule has 2 aromatic heterocycles. The predicted molar refractivity (Wildman–Crippen MR) is 121 cm³/mol. The first kappa shape index (κ1) is 23.1. The Kier molecular flexibility index (Phi) is 7.48. The maximum atomic E-state index is 12.0. The molecule has 0 N–H and O–H groups in total. The molecule has 3 heterocycles. The van der Waals surface area contributed by atoms with Gasteiger partial charge >= 0.3 is 11.9 Å². The Morgan fingerprint density at radius 2 is 1.36 bits per heavy atom. The molecule has 0 aliphatic carbocycles. The molecule has 4 rings (SSSR count). The largest absolute Gasteiger partial charge is 0.459 e. The van der Waals surface area contributed by atoms with Crippen molar-refractivity contribution in [3.05, 3.63) is 46.0 Å². The SMILES string of the molecule is Cc1c2ccc(Br)c1-n1cc(nn1)COC(=O)CCCCCCCC(=O)OCc1cn-2nn1. The molecule has 1 aliphatic heterocycles. The van der Waals surface area contributed by atoms with Crippen LogP contribution in [0.1, 0.15) is 61.9 Å². The minimum Gasteiger partial charge on any atom is -0.459 e. The van der Waals surface area contributed by atoms with Gasteiger partial charge in [0.05, 0.1) is 23.8 Å². The van der Waals surface area contributed by atoms with Crippen LogP contribution in [-0.4, -0.2) is 41.9 Å². The summed E-state index contributed by atoms with van der Waals surface area (Å²) < 4.78 is 14.8. The zero-order valence-electron chi connectivity index (χ0n) is 18.4. The third-order valence-corrected chi connectivity index (χ3v) is 6.07. The Hall–Kier alpha value is -3.08. The van der Waals surface area contributed by atoms with Gasteiger partial charge in [0.25, 0.3) is 0 Å². The number of aromatic nitrogens is 6. The zero-order chi connectivity index (χ0) is 23.2. The predicted octanol–water partition coefficient (Wildman–Crippen LogP) is 3.75. The van der Waals surface area contributed by atoms with E-state index < -0.39 is 0 Å². The van der Waals surface area contributed by atoms with Crippen LogP contribution < -0.4 is 0 Å². The fourth-order valence-corrected chi connectivity index (χ4v) is 4.28. The molecule has 0 radical (unpaired) electrons. The molecule has 0 fully saturated rings. The number of carbonyl (C=O) groups is 2. The van der Waals surface area contributed by atoms with Crippen LogP contribution in [0.2, 0.25) is 0 Å². The summed E-state index contributed by atoms with van der Waals surface area (Å²) in [6, 6.07) is 3.80. The van der Waals surface area contributed by atoms with Crippen LogP contribution in [0.5, 0.6) is 0 Å². The second kappa shape index (κ2) is 10.7. The molecule has 0 atom stereocenters. The van der Waals surface area contributed by atoms with Crippen molar-refractivity contribution in [2.45, 2.75) is 65.1 Å². The number of hydrogen-bond acceptors (Lipinski definition) is 8. The summed E-state index contributed by atoms with van der Waals surface area (Å²) in [5.41, 5.74) is 3.59. The number of esters is 2. The lowest BCUT2D eigenvalue weighted by Gasteiger charge is -2.12. The molecule has 10 nitrogen and oxygen atoms in total. The van der Waals surface area contributed by atoms with Crippen molar-refractivity contribution >= 4 is 27.9 Å². The minimum atomic E-state index is -0.253. The number of fused-ring (bicyclic) bond motifs is 8. The van der Waals surface area contributed by atoms with Gasteiger partial charge in [0, 0.05) is 22.9 Å². The van der Waals surface area contributed by atoms with E-state index in [-0.39, 0.29) is 25.2 Å². The van der Waals surface area contributed by atoms with E-state index in [1.807, 2.05) is 19.1 Å². The van der Waals surface area contributed by atoms with Crippen LogP contribution in [0.25, 0.3) is 11.4 Å². The third-order valence-electron chi connectivity index (χ3n) is 5.43. The number of cyclic esters (lactones) is 2. The quantitative estimate of drug-likeness (QED) is 0.415. The van der Waals surface area contributed by atoms with E-state index in [0.717, 1.165) is 53.5 Å². The van der Waals surface area contributed by atoms with E-state index in [4.69, 9.17) is 9.47 Å². The Labute approximate surface area is 199 Å². The number of ether oxygens (including phenoxy) is 2. The molecule has 0 amide bonds. The maximum absolute atomic E-state index is 12.0. The summed E-state index contributed by atoms with van der Waals surface area (Å²) in [4.78, 5) is 24.1. The average Bonchev–Trinajstić information content (AvgIpc) is 3.45. The van der Waals surface area contributed by atoms with Gasteiger partial charge in [-0.15, -0.1) is 10.2 Å². The highest BCUT2D eigenvalue weighted by Gasteiger charge is 2.16. The maximum Gasteiger partial charge on any atom is 0.306 e. The molecule has 0 saturated heterocycles. The van der Waals surface area contributed by atoms with E-state index in [1.54, 1.807) is 21.8 Å². The lowest BCUT2D eigenvalue weighted by molar-refractivity contribution is -0.146. The van der Waals surface area contributed by atoms with Gasteiger partial charge in [0.2, 0.25) is 0 Å². The standard InChI is InChI=1S/C22H25BrN6O4/c1-15-19-10-9-18(23)22(15)29-12-17(25-27-29)14-33-21(31)8-6-4-2-3-5-7-20(30)32-13-16-11-28(19)26-24-16/h9-12H,2-8,13-14H2,1H3. The van der Waals surface area contributed by atoms with Crippen molar-refractivity contribution in [2.75, 3.05) is 0 Å². The normalized spacial score (nSPS) is 16.3. The fraction of sp³-hybridized carbons (Fsp3) is 0.455. The number of carbonyl (C=O) groups excluding carboxylic acids is 2. The lowest BCUT2D eigenvalue weighted by Crippen LogP contribution is -2.06. The fourth-order valence-electron chi connectivity index (χ4n) is 3.66. The molecule has 0 spiro atoms. The van der Waals surface area contributed by atoms with Gasteiger partial charge in [-0.25, -0.2) is 9.36 Å². The Balaban J connectivity index is 1.60. The summed E-state index contributed by atoms with van der Waals surface area (Å²) in [5, 5.41) is 16.7. The molecule has 6 bridgehead atoms. The van der Waals surface area contributed by atoms with Crippen LogP contribution in [0.3, 0.4) is 0 Å². The summed E-state index contributed by atoms with van der Waals surface area (Å²) in [5.74, 6) is -0.504. The van der Waals surface area contributed by atoms with E-state index >= 15 is 0 Å². The number of rotatable bonds is 0. The van der Waals surface area contributed by atoms with E-state index in [2.05, 4.69) is 36.6 Å². The molecular weight excluding hydrogens is 492 g/mol. The van der Waals surface area contributed by atoms with Crippen LogP contribution >= 0.6 is 15.9 Å². The van der Waals surface area contributed by atoms with Crippen LogP contribution in [0.15, 0.2) is 29.0 Å². The monoisotopic (exact) mass is 516 g/mol.